The Morgan fingerprint density at radius 1 is 1.24 bits per heavy atom. The minimum absolute atomic E-state index is 0.180. The smallest absolute Gasteiger partial charge is 0.430 e. The van der Waals surface area contributed by atoms with Gasteiger partial charge in [0, 0.05) is 30.7 Å². The normalized spacial score (nSPS) is 38.9. The number of carboxylic acid groups (broad SMARTS) is 1. The quantitative estimate of drug-likeness (QED) is 0.642. The van der Waals surface area contributed by atoms with Gasteiger partial charge in [0.1, 0.15) is 24.2 Å². The van der Waals surface area contributed by atoms with Crippen LogP contribution in [0.3, 0.4) is 0 Å². The van der Waals surface area contributed by atoms with Crippen molar-refractivity contribution < 1.29 is 46.9 Å². The number of alkyl halides is 3. The zero-order chi connectivity index (χ0) is 24.1. The third-order valence-electron chi connectivity index (χ3n) is 9.15. The Kier molecular flexibility index (Phi) is 4.48. The Morgan fingerprint density at radius 3 is 2.65 bits per heavy atom. The highest BCUT2D eigenvalue weighted by Gasteiger charge is 2.79. The van der Waals surface area contributed by atoms with Crippen LogP contribution in [0.15, 0.2) is 12.1 Å². The number of carbonyl (C=O) groups excluding carboxylic acids is 2. The highest BCUT2D eigenvalue weighted by atomic mass is 19.4. The molecule has 0 aromatic heterocycles. The first-order chi connectivity index (χ1) is 16.0. The van der Waals surface area contributed by atoms with Crippen LogP contribution in [0, 0.1) is 5.92 Å². The van der Waals surface area contributed by atoms with Gasteiger partial charge in [-0.25, -0.2) is 0 Å². The average molecular weight is 481 g/mol. The third-order valence-corrected chi connectivity index (χ3v) is 9.15. The van der Waals surface area contributed by atoms with Crippen molar-refractivity contribution in [3.05, 3.63) is 23.3 Å². The van der Waals surface area contributed by atoms with E-state index in [9.17, 15) is 23.1 Å². The molecule has 5 atom stereocenters. The molecule has 2 saturated carbocycles. The maximum atomic E-state index is 13.0. The lowest BCUT2D eigenvalue weighted by molar-refractivity contribution is -0.977. The number of hydrogen-bond acceptors (Lipinski definition) is 6. The van der Waals surface area contributed by atoms with Crippen LogP contribution in [-0.2, 0) is 26.2 Å². The first-order valence-electron chi connectivity index (χ1n) is 11.9. The van der Waals surface area contributed by atoms with Crippen molar-refractivity contribution in [3.8, 4) is 11.5 Å². The van der Waals surface area contributed by atoms with Gasteiger partial charge in [-0.15, -0.1) is 0 Å². The van der Waals surface area contributed by atoms with Gasteiger partial charge in [-0.1, -0.05) is 6.07 Å². The van der Waals surface area contributed by atoms with Crippen molar-refractivity contribution in [2.45, 2.75) is 67.9 Å². The van der Waals surface area contributed by atoms with Crippen molar-refractivity contribution >= 4 is 11.8 Å². The van der Waals surface area contributed by atoms with Crippen molar-refractivity contribution in [2.75, 3.05) is 26.2 Å². The number of carbonyl (C=O) groups is 2. The Labute approximate surface area is 194 Å². The third kappa shape index (κ3) is 2.72. The molecule has 2 spiro atoms. The Bertz CT molecular complexity index is 1090. The highest BCUT2D eigenvalue weighted by molar-refractivity contribution is 5.90. The molecule has 0 amide bonds. The lowest BCUT2D eigenvalue weighted by Crippen LogP contribution is -2.85. The second kappa shape index (κ2) is 6.87. The van der Waals surface area contributed by atoms with Crippen molar-refractivity contribution in [2.24, 2.45) is 5.92 Å². The summed E-state index contributed by atoms with van der Waals surface area (Å²) >= 11 is 0. The van der Waals surface area contributed by atoms with Crippen LogP contribution in [0.25, 0.3) is 0 Å². The molecule has 184 valence electrons. The van der Waals surface area contributed by atoms with Crippen LogP contribution >= 0.6 is 0 Å². The fraction of sp³-hybridized carbons (Fsp3) is 0.667. The van der Waals surface area contributed by atoms with Gasteiger partial charge in [0.05, 0.1) is 25.1 Å². The number of phenolic OH excluding ortho intramolecular Hbond substituents is 1. The minimum Gasteiger partial charge on any atom is -0.542 e. The summed E-state index contributed by atoms with van der Waals surface area (Å²) in [5, 5.41) is 19.3. The molecule has 3 aliphatic heterocycles. The average Bonchev–Trinajstić information content (AvgIpc) is 3.49. The fourth-order valence-electron chi connectivity index (χ4n) is 7.77. The standard InChI is InChI=1S/C22H25NO4.C2HF3O2/c24-15-4-3-14-11-17-22-6-5-16(25)20-21(22,18(14)19(15)27-20)7-8-23(17,9-10-26-22)12-13-1-2-13;3-2(4,5)1(6)7/h3-4,13,17,20H,1-2,5-12H2;(H,6,7)/t17-,20+,21+,22-,23?;/m1./s1. The summed E-state index contributed by atoms with van der Waals surface area (Å²) in [7, 11) is 0. The maximum absolute atomic E-state index is 13.0. The molecule has 7 nitrogen and oxygen atoms in total. The Hall–Kier alpha value is -2.33. The summed E-state index contributed by atoms with van der Waals surface area (Å²) < 4.78 is 45.7. The van der Waals surface area contributed by atoms with E-state index in [0.29, 0.717) is 18.2 Å². The molecule has 34 heavy (non-hydrogen) atoms. The number of ketones is 1. The number of benzene rings is 1. The summed E-state index contributed by atoms with van der Waals surface area (Å²) in [5.41, 5.74) is 1.70. The molecule has 1 N–H and O–H groups in total. The van der Waals surface area contributed by atoms with E-state index in [1.165, 1.54) is 29.4 Å². The van der Waals surface area contributed by atoms with Crippen molar-refractivity contribution in [3.63, 3.8) is 0 Å². The maximum Gasteiger partial charge on any atom is 0.430 e. The molecule has 4 fully saturated rings. The molecule has 0 radical (unpaired) electrons. The largest absolute Gasteiger partial charge is 0.542 e. The molecule has 3 heterocycles. The molecular weight excluding hydrogens is 455 g/mol. The number of morpholine rings is 1. The van der Waals surface area contributed by atoms with Gasteiger partial charge in [-0.3, -0.25) is 4.79 Å². The van der Waals surface area contributed by atoms with E-state index in [4.69, 9.17) is 19.4 Å². The number of carboxylic acids is 1. The highest BCUT2D eigenvalue weighted by Crippen LogP contribution is 2.68. The molecule has 7 rings (SSSR count). The molecule has 3 aliphatic carbocycles. The molecule has 4 bridgehead atoms. The molecule has 1 aromatic rings. The molecule has 2 saturated heterocycles. The lowest BCUT2D eigenvalue weighted by atomic mass is 9.48. The number of aromatic hydroxyl groups is 1. The molecular formula is C24H26F3NO6. The predicted molar refractivity (Wildman–Crippen MR) is 108 cm³/mol. The van der Waals surface area contributed by atoms with E-state index in [2.05, 4.69) is 6.07 Å². The first kappa shape index (κ1) is 22.2. The number of rotatable bonds is 2. The minimum atomic E-state index is -5.19. The summed E-state index contributed by atoms with van der Waals surface area (Å²) in [6.07, 6.45) is 0.371. The topological polar surface area (TPSA) is 95.9 Å². The Balaban J connectivity index is 0.000000275. The van der Waals surface area contributed by atoms with Crippen molar-refractivity contribution in [1.29, 1.82) is 0 Å². The Morgan fingerprint density at radius 2 is 1.97 bits per heavy atom. The monoisotopic (exact) mass is 481 g/mol. The van der Waals surface area contributed by atoms with Gasteiger partial charge in [0.2, 0.25) is 0 Å². The van der Waals surface area contributed by atoms with E-state index in [1.807, 2.05) is 0 Å². The van der Waals surface area contributed by atoms with E-state index in [1.54, 1.807) is 6.07 Å². The van der Waals surface area contributed by atoms with Crippen LogP contribution < -0.4 is 9.84 Å². The summed E-state index contributed by atoms with van der Waals surface area (Å²) in [4.78, 5) is 21.8. The van der Waals surface area contributed by atoms with Gasteiger partial charge in [-0.05, 0) is 30.9 Å². The molecule has 1 aromatic carbocycles. The lowest BCUT2D eigenvalue weighted by Gasteiger charge is -2.69. The summed E-state index contributed by atoms with van der Waals surface area (Å²) in [6.45, 7) is 4.30. The summed E-state index contributed by atoms with van der Waals surface area (Å²) in [5.74, 6) is -1.18. The zero-order valence-electron chi connectivity index (χ0n) is 18.5. The van der Waals surface area contributed by atoms with Gasteiger partial charge in [0.15, 0.2) is 23.4 Å². The van der Waals surface area contributed by atoms with Gasteiger partial charge in [0.25, 0.3) is 0 Å². The number of phenols is 1. The SMILES string of the molecule is O=C([O-])C(F)(F)F.O=C1CC[C@]23OCC[N+]4(CC5CC5)CC[C@@]25c2c(ccc(O)c2O[C@@H]15)C[C@H]34. The van der Waals surface area contributed by atoms with Crippen LogP contribution in [0.2, 0.25) is 0 Å². The number of nitrogens with zero attached hydrogens (tertiary/aromatic N) is 1. The van der Waals surface area contributed by atoms with Crippen LogP contribution in [-0.4, -0.2) is 71.5 Å². The van der Waals surface area contributed by atoms with Crippen molar-refractivity contribution in [1.82, 2.24) is 0 Å². The molecule has 10 heteroatoms. The van der Waals surface area contributed by atoms with Gasteiger partial charge < -0.3 is 29.0 Å². The number of ether oxygens (including phenoxy) is 2. The number of hydrogen-bond donors (Lipinski definition) is 1. The zero-order valence-corrected chi connectivity index (χ0v) is 18.5. The van der Waals surface area contributed by atoms with Gasteiger partial charge >= 0.3 is 6.18 Å². The van der Waals surface area contributed by atoms with E-state index in [-0.39, 0.29) is 22.5 Å². The summed E-state index contributed by atoms with van der Waals surface area (Å²) in [6, 6.07) is 4.26. The van der Waals surface area contributed by atoms with E-state index in [0.717, 1.165) is 50.4 Å². The predicted octanol–water partition coefficient (Wildman–Crippen LogP) is 1.38. The number of aliphatic carboxylic acids is 1. The van der Waals surface area contributed by atoms with Crippen LogP contribution in [0.5, 0.6) is 11.5 Å². The second-order valence-corrected chi connectivity index (χ2v) is 10.7. The number of Topliss-reactive ketones (excluding diaryl/α,β-unsaturated/α-hetero) is 1. The fourth-order valence-corrected chi connectivity index (χ4v) is 7.77. The van der Waals surface area contributed by atoms with E-state index >= 15 is 0 Å². The molecule has 1 unspecified atom stereocenters. The van der Waals surface area contributed by atoms with E-state index < -0.39 is 18.2 Å². The van der Waals surface area contributed by atoms with Crippen LogP contribution in [0.1, 0.15) is 43.2 Å². The molecule has 6 aliphatic rings. The van der Waals surface area contributed by atoms with Gasteiger partial charge in [-0.2, -0.15) is 13.2 Å². The van der Waals surface area contributed by atoms with Crippen LogP contribution in [0.4, 0.5) is 13.2 Å². The first-order valence-corrected chi connectivity index (χ1v) is 11.9. The second-order valence-electron chi connectivity index (χ2n) is 10.7. The number of quaternary nitrogens is 1. The number of halogens is 3. The number of piperidine rings is 1.